The van der Waals surface area contributed by atoms with Crippen LogP contribution in [0.3, 0.4) is 0 Å². The molecule has 2 aromatic carbocycles. The fraction of sp³-hybridized carbons (Fsp3) is 0.458. The van der Waals surface area contributed by atoms with E-state index >= 15 is 0 Å². The number of hydrogen-bond acceptors (Lipinski definition) is 5. The van der Waals surface area contributed by atoms with E-state index in [0.29, 0.717) is 19.8 Å². The number of carbonyl (C=O) groups is 1. The SMILES string of the molecule is Cc1ccc(S(=O)(=O)NCCC(=O)N2CCC[C@H]2c2ccc3c(c2)OCCCO3)cc1C. The van der Waals surface area contributed by atoms with E-state index in [-0.39, 0.29) is 29.8 Å². The average molecular weight is 459 g/mol. The highest BCUT2D eigenvalue weighted by Gasteiger charge is 2.30. The molecule has 2 aromatic rings. The molecule has 1 fully saturated rings. The van der Waals surface area contributed by atoms with Gasteiger partial charge in [-0.1, -0.05) is 12.1 Å². The lowest BCUT2D eigenvalue weighted by Crippen LogP contribution is -2.34. The molecule has 1 saturated heterocycles. The predicted molar refractivity (Wildman–Crippen MR) is 121 cm³/mol. The molecule has 8 heteroatoms. The van der Waals surface area contributed by atoms with Crippen LogP contribution >= 0.6 is 0 Å². The van der Waals surface area contributed by atoms with Crippen LogP contribution in [0.5, 0.6) is 11.5 Å². The van der Waals surface area contributed by atoms with E-state index in [4.69, 9.17) is 9.47 Å². The Kier molecular flexibility index (Phi) is 6.71. The normalized spacial score (nSPS) is 18.4. The van der Waals surface area contributed by atoms with Gasteiger partial charge in [-0.2, -0.15) is 0 Å². The van der Waals surface area contributed by atoms with Crippen molar-refractivity contribution in [1.82, 2.24) is 9.62 Å². The number of nitrogens with zero attached hydrogens (tertiary/aromatic N) is 1. The van der Waals surface area contributed by atoms with Crippen molar-refractivity contribution in [2.75, 3.05) is 26.3 Å². The first kappa shape index (κ1) is 22.6. The maximum atomic E-state index is 12.9. The molecule has 0 unspecified atom stereocenters. The lowest BCUT2D eigenvalue weighted by atomic mass is 10.0. The molecule has 32 heavy (non-hydrogen) atoms. The van der Waals surface area contributed by atoms with Gasteiger partial charge in [0.25, 0.3) is 0 Å². The molecule has 172 valence electrons. The summed E-state index contributed by atoms with van der Waals surface area (Å²) in [6, 6.07) is 10.9. The topological polar surface area (TPSA) is 84.9 Å². The van der Waals surface area contributed by atoms with Crippen molar-refractivity contribution >= 4 is 15.9 Å². The molecule has 0 aliphatic carbocycles. The minimum absolute atomic E-state index is 0.0315. The van der Waals surface area contributed by atoms with Crippen molar-refractivity contribution in [3.05, 3.63) is 53.1 Å². The van der Waals surface area contributed by atoms with Gasteiger partial charge in [0.05, 0.1) is 24.2 Å². The number of likely N-dealkylation sites (tertiary alicyclic amines) is 1. The monoisotopic (exact) mass is 458 g/mol. The smallest absolute Gasteiger partial charge is 0.240 e. The van der Waals surface area contributed by atoms with Crippen molar-refractivity contribution in [3.8, 4) is 11.5 Å². The number of ether oxygens (including phenoxy) is 2. The zero-order valence-electron chi connectivity index (χ0n) is 18.6. The minimum Gasteiger partial charge on any atom is -0.490 e. The standard InChI is InChI=1S/C24H30N2O5S/c1-17-6-8-20(15-18(17)2)32(28,29)25-11-10-24(27)26-12-3-5-21(26)19-7-9-22-23(16-19)31-14-4-13-30-22/h6-9,15-16,21,25H,3-5,10-14H2,1-2H3/t21-/m0/s1. The van der Waals surface area contributed by atoms with Crippen LogP contribution in [-0.2, 0) is 14.8 Å². The van der Waals surface area contributed by atoms with E-state index in [2.05, 4.69) is 4.72 Å². The fourth-order valence-electron chi connectivity index (χ4n) is 4.20. The van der Waals surface area contributed by atoms with Crippen LogP contribution in [0.2, 0.25) is 0 Å². The third kappa shape index (κ3) is 4.91. The summed E-state index contributed by atoms with van der Waals surface area (Å²) in [6.45, 7) is 5.81. The second-order valence-electron chi connectivity index (χ2n) is 8.40. The first-order valence-electron chi connectivity index (χ1n) is 11.1. The Morgan fingerprint density at radius 2 is 1.81 bits per heavy atom. The first-order chi connectivity index (χ1) is 15.3. The number of fused-ring (bicyclic) bond motifs is 1. The summed E-state index contributed by atoms with van der Waals surface area (Å²) >= 11 is 0. The maximum Gasteiger partial charge on any atom is 0.240 e. The molecule has 2 heterocycles. The highest BCUT2D eigenvalue weighted by molar-refractivity contribution is 7.89. The zero-order chi connectivity index (χ0) is 22.7. The van der Waals surface area contributed by atoms with Gasteiger partial charge in [0.2, 0.25) is 15.9 Å². The van der Waals surface area contributed by atoms with E-state index in [0.717, 1.165) is 47.5 Å². The highest BCUT2D eigenvalue weighted by Crippen LogP contribution is 2.38. The second-order valence-corrected chi connectivity index (χ2v) is 10.2. The molecule has 1 amide bonds. The van der Waals surface area contributed by atoms with Gasteiger partial charge in [-0.15, -0.1) is 0 Å². The van der Waals surface area contributed by atoms with Crippen molar-refractivity contribution in [2.24, 2.45) is 0 Å². The Hall–Kier alpha value is -2.58. The number of carbonyl (C=O) groups excluding carboxylic acids is 1. The van der Waals surface area contributed by atoms with Crippen LogP contribution in [0.25, 0.3) is 0 Å². The Morgan fingerprint density at radius 1 is 1.03 bits per heavy atom. The number of hydrogen-bond donors (Lipinski definition) is 1. The van der Waals surface area contributed by atoms with E-state index < -0.39 is 10.0 Å². The zero-order valence-corrected chi connectivity index (χ0v) is 19.4. The van der Waals surface area contributed by atoms with Gasteiger partial charge in [0.15, 0.2) is 11.5 Å². The molecule has 0 aromatic heterocycles. The fourth-order valence-corrected chi connectivity index (χ4v) is 5.32. The Balaban J connectivity index is 1.39. The van der Waals surface area contributed by atoms with Crippen molar-refractivity contribution < 1.29 is 22.7 Å². The summed E-state index contributed by atoms with van der Waals surface area (Å²) in [5.41, 5.74) is 2.98. The summed E-state index contributed by atoms with van der Waals surface area (Å²) in [4.78, 5) is 15.0. The molecule has 0 radical (unpaired) electrons. The number of aryl methyl sites for hydroxylation is 2. The average Bonchev–Trinajstić information content (AvgIpc) is 3.14. The van der Waals surface area contributed by atoms with Crippen molar-refractivity contribution in [1.29, 1.82) is 0 Å². The van der Waals surface area contributed by atoms with Crippen LogP contribution in [0.15, 0.2) is 41.3 Å². The molecule has 0 spiro atoms. The van der Waals surface area contributed by atoms with E-state index in [9.17, 15) is 13.2 Å². The summed E-state index contributed by atoms with van der Waals surface area (Å²) in [7, 11) is -3.65. The third-order valence-electron chi connectivity index (χ3n) is 6.15. The summed E-state index contributed by atoms with van der Waals surface area (Å²) in [5.74, 6) is 1.41. The number of rotatable bonds is 6. The molecular formula is C24H30N2O5S. The van der Waals surface area contributed by atoms with Crippen molar-refractivity contribution in [3.63, 3.8) is 0 Å². The summed E-state index contributed by atoms with van der Waals surface area (Å²) in [6.07, 6.45) is 2.75. The largest absolute Gasteiger partial charge is 0.490 e. The van der Waals surface area contributed by atoms with Gasteiger partial charge in [-0.05, 0) is 67.6 Å². The Bertz CT molecular complexity index is 1100. The molecule has 0 bridgehead atoms. The van der Waals surface area contributed by atoms with E-state index in [1.165, 1.54) is 0 Å². The Labute approximate surface area is 189 Å². The van der Waals surface area contributed by atoms with Gasteiger partial charge >= 0.3 is 0 Å². The molecule has 1 N–H and O–H groups in total. The Morgan fingerprint density at radius 3 is 2.59 bits per heavy atom. The summed E-state index contributed by atoms with van der Waals surface area (Å²) < 4.78 is 39.2. The summed E-state index contributed by atoms with van der Waals surface area (Å²) in [5, 5.41) is 0. The minimum atomic E-state index is -3.65. The van der Waals surface area contributed by atoms with E-state index in [1.807, 2.05) is 36.9 Å². The van der Waals surface area contributed by atoms with Crippen LogP contribution < -0.4 is 14.2 Å². The van der Waals surface area contributed by atoms with Crippen molar-refractivity contribution in [2.45, 2.75) is 50.5 Å². The quantitative estimate of drug-likeness (QED) is 0.716. The van der Waals surface area contributed by atoms with Gasteiger partial charge < -0.3 is 14.4 Å². The molecule has 4 rings (SSSR count). The van der Waals surface area contributed by atoms with Crippen LogP contribution in [0.1, 0.15) is 48.4 Å². The van der Waals surface area contributed by atoms with E-state index in [1.54, 1.807) is 18.2 Å². The number of sulfonamides is 1. The highest BCUT2D eigenvalue weighted by atomic mass is 32.2. The lowest BCUT2D eigenvalue weighted by Gasteiger charge is -2.26. The van der Waals surface area contributed by atoms with Crippen LogP contribution in [0, 0.1) is 13.8 Å². The molecular weight excluding hydrogens is 428 g/mol. The van der Waals surface area contributed by atoms with Gasteiger partial charge in [0, 0.05) is 25.9 Å². The number of amides is 1. The van der Waals surface area contributed by atoms with Crippen LogP contribution in [-0.4, -0.2) is 45.5 Å². The second kappa shape index (κ2) is 9.50. The molecule has 7 nitrogen and oxygen atoms in total. The third-order valence-corrected chi connectivity index (χ3v) is 7.61. The predicted octanol–water partition coefficient (Wildman–Crippen LogP) is 3.50. The lowest BCUT2D eigenvalue weighted by molar-refractivity contribution is -0.131. The van der Waals surface area contributed by atoms with Gasteiger partial charge in [-0.25, -0.2) is 13.1 Å². The molecule has 0 saturated carbocycles. The molecule has 1 atom stereocenters. The van der Waals surface area contributed by atoms with Gasteiger partial charge in [-0.3, -0.25) is 4.79 Å². The molecule has 2 aliphatic heterocycles. The van der Waals surface area contributed by atoms with Gasteiger partial charge in [0.1, 0.15) is 0 Å². The van der Waals surface area contributed by atoms with Crippen LogP contribution in [0.4, 0.5) is 0 Å². The number of benzene rings is 2. The number of nitrogens with one attached hydrogen (secondary N) is 1. The maximum absolute atomic E-state index is 12.9. The molecule has 2 aliphatic rings. The first-order valence-corrected chi connectivity index (χ1v) is 12.6.